The van der Waals surface area contributed by atoms with Crippen LogP contribution in [0.15, 0.2) is 20.4 Å². The molecule has 0 spiro atoms. The molecule has 0 unspecified atom stereocenters. The summed E-state index contributed by atoms with van der Waals surface area (Å²) in [4.78, 5) is 12.9. The maximum atomic E-state index is 12.2. The number of Topliss-reactive ketones (excluding diaryl/α,β-unsaturated/α-hetero) is 1. The Morgan fingerprint density at radius 3 is 2.67 bits per heavy atom. The SMILES string of the molecule is CCc1nn(C)c(CC(=O)c2ccc(Br)s2)c1Br. The quantitative estimate of drug-likeness (QED) is 0.738. The zero-order chi connectivity index (χ0) is 13.3. The van der Waals surface area contributed by atoms with Crippen molar-refractivity contribution < 1.29 is 4.79 Å². The van der Waals surface area contributed by atoms with Crippen molar-refractivity contribution in [2.75, 3.05) is 0 Å². The average molecular weight is 392 g/mol. The van der Waals surface area contributed by atoms with Crippen LogP contribution in [-0.4, -0.2) is 15.6 Å². The molecule has 2 heterocycles. The number of rotatable bonds is 4. The molecule has 0 saturated carbocycles. The lowest BCUT2D eigenvalue weighted by Gasteiger charge is -2.01. The second-order valence-corrected chi connectivity index (χ2v) is 7.14. The van der Waals surface area contributed by atoms with Crippen molar-refractivity contribution in [2.45, 2.75) is 19.8 Å². The molecule has 0 radical (unpaired) electrons. The van der Waals surface area contributed by atoms with Crippen molar-refractivity contribution in [3.05, 3.63) is 36.7 Å². The molecule has 0 amide bonds. The predicted octanol–water partition coefficient (Wildman–Crippen LogP) is 3.99. The molecular weight excluding hydrogens is 380 g/mol. The molecule has 2 aromatic heterocycles. The van der Waals surface area contributed by atoms with Gasteiger partial charge >= 0.3 is 0 Å². The van der Waals surface area contributed by atoms with Gasteiger partial charge in [-0.15, -0.1) is 11.3 Å². The summed E-state index contributed by atoms with van der Waals surface area (Å²) in [5.74, 6) is 0.122. The van der Waals surface area contributed by atoms with E-state index in [0.29, 0.717) is 6.42 Å². The van der Waals surface area contributed by atoms with E-state index in [-0.39, 0.29) is 5.78 Å². The van der Waals surface area contributed by atoms with Crippen LogP contribution in [0.2, 0.25) is 0 Å². The minimum atomic E-state index is 0.122. The van der Waals surface area contributed by atoms with E-state index in [0.717, 1.165) is 30.9 Å². The number of carbonyl (C=O) groups is 1. The maximum Gasteiger partial charge on any atom is 0.178 e. The van der Waals surface area contributed by atoms with Gasteiger partial charge in [0.05, 0.1) is 30.9 Å². The number of thiophene rings is 1. The van der Waals surface area contributed by atoms with Gasteiger partial charge in [-0.3, -0.25) is 9.48 Å². The smallest absolute Gasteiger partial charge is 0.178 e. The van der Waals surface area contributed by atoms with Gasteiger partial charge < -0.3 is 0 Å². The number of carbonyl (C=O) groups excluding carboxylic acids is 1. The zero-order valence-corrected chi connectivity index (χ0v) is 14.0. The van der Waals surface area contributed by atoms with Gasteiger partial charge in [0.2, 0.25) is 0 Å². The molecular formula is C12H12Br2N2OS. The van der Waals surface area contributed by atoms with Gasteiger partial charge in [-0.1, -0.05) is 6.92 Å². The van der Waals surface area contributed by atoms with Crippen LogP contribution in [0.4, 0.5) is 0 Å². The van der Waals surface area contributed by atoms with Crippen molar-refractivity contribution in [3.63, 3.8) is 0 Å². The molecule has 0 aromatic carbocycles. The molecule has 96 valence electrons. The highest BCUT2D eigenvalue weighted by Gasteiger charge is 2.17. The largest absolute Gasteiger partial charge is 0.293 e. The summed E-state index contributed by atoms with van der Waals surface area (Å²) in [7, 11) is 1.87. The molecule has 6 heteroatoms. The molecule has 0 saturated heterocycles. The molecule has 2 rings (SSSR count). The second-order valence-electron chi connectivity index (χ2n) is 3.89. The normalized spacial score (nSPS) is 10.9. The van der Waals surface area contributed by atoms with Crippen molar-refractivity contribution >= 4 is 49.0 Å². The number of hydrogen-bond acceptors (Lipinski definition) is 3. The Morgan fingerprint density at radius 1 is 1.44 bits per heavy atom. The number of ketones is 1. The molecule has 0 bridgehead atoms. The van der Waals surface area contributed by atoms with Crippen LogP contribution < -0.4 is 0 Å². The van der Waals surface area contributed by atoms with E-state index >= 15 is 0 Å². The minimum absolute atomic E-state index is 0.122. The standard InChI is InChI=1S/C12H12Br2N2OS/c1-3-7-12(14)8(16(2)15-7)6-9(17)10-4-5-11(13)18-10/h4-5H,3,6H2,1-2H3. The fourth-order valence-corrected chi connectivity index (χ4v) is 3.80. The first-order valence-electron chi connectivity index (χ1n) is 5.51. The first kappa shape index (κ1) is 14.0. The van der Waals surface area contributed by atoms with Crippen LogP contribution >= 0.6 is 43.2 Å². The molecule has 0 aliphatic rings. The Bertz CT molecular complexity index is 589. The summed E-state index contributed by atoms with van der Waals surface area (Å²) in [5.41, 5.74) is 1.93. The topological polar surface area (TPSA) is 34.9 Å². The van der Waals surface area contributed by atoms with Crippen molar-refractivity contribution in [2.24, 2.45) is 7.05 Å². The Balaban J connectivity index is 2.24. The Labute approximate surface area is 126 Å². The average Bonchev–Trinajstić information content (AvgIpc) is 2.87. The summed E-state index contributed by atoms with van der Waals surface area (Å²) in [6, 6.07) is 3.75. The molecule has 3 nitrogen and oxygen atoms in total. The molecule has 18 heavy (non-hydrogen) atoms. The van der Waals surface area contributed by atoms with Crippen molar-refractivity contribution in [1.82, 2.24) is 9.78 Å². The van der Waals surface area contributed by atoms with Crippen molar-refractivity contribution in [3.8, 4) is 0 Å². The zero-order valence-electron chi connectivity index (χ0n) is 10.0. The summed E-state index contributed by atoms with van der Waals surface area (Å²) in [6.07, 6.45) is 1.23. The molecule has 0 N–H and O–H groups in total. The highest BCUT2D eigenvalue weighted by Crippen LogP contribution is 2.26. The van der Waals surface area contributed by atoms with Gasteiger partial charge in [0.25, 0.3) is 0 Å². The van der Waals surface area contributed by atoms with E-state index in [1.165, 1.54) is 11.3 Å². The number of hydrogen-bond donors (Lipinski definition) is 0. The first-order valence-corrected chi connectivity index (χ1v) is 7.92. The van der Waals surface area contributed by atoms with Gasteiger partial charge in [0.1, 0.15) is 0 Å². The van der Waals surface area contributed by atoms with E-state index in [1.807, 2.05) is 19.2 Å². The van der Waals surface area contributed by atoms with Crippen LogP contribution in [0.25, 0.3) is 0 Å². The third kappa shape index (κ3) is 2.75. The third-order valence-electron chi connectivity index (χ3n) is 2.68. The van der Waals surface area contributed by atoms with Gasteiger partial charge in [-0.05, 0) is 50.4 Å². The lowest BCUT2D eigenvalue weighted by atomic mass is 10.2. The Hall–Kier alpha value is -0.460. The molecule has 0 atom stereocenters. The lowest BCUT2D eigenvalue weighted by Crippen LogP contribution is -2.07. The van der Waals surface area contributed by atoms with Gasteiger partial charge in [-0.2, -0.15) is 5.10 Å². The van der Waals surface area contributed by atoms with Crippen LogP contribution in [0.1, 0.15) is 28.0 Å². The third-order valence-corrected chi connectivity index (χ3v) is 5.26. The monoisotopic (exact) mass is 390 g/mol. The van der Waals surface area contributed by atoms with E-state index in [4.69, 9.17) is 0 Å². The molecule has 0 aliphatic heterocycles. The highest BCUT2D eigenvalue weighted by molar-refractivity contribution is 9.11. The first-order chi connectivity index (χ1) is 8.52. The van der Waals surface area contributed by atoms with Gasteiger partial charge in [0.15, 0.2) is 5.78 Å². The lowest BCUT2D eigenvalue weighted by molar-refractivity contribution is 0.0994. The van der Waals surface area contributed by atoms with E-state index in [9.17, 15) is 4.79 Å². The Morgan fingerprint density at radius 2 is 2.17 bits per heavy atom. The number of halogens is 2. The summed E-state index contributed by atoms with van der Waals surface area (Å²) in [5, 5.41) is 4.39. The van der Waals surface area contributed by atoms with Crippen LogP contribution in [0.3, 0.4) is 0 Å². The fourth-order valence-electron chi connectivity index (χ4n) is 1.72. The maximum absolute atomic E-state index is 12.2. The molecule has 0 fully saturated rings. The molecule has 0 aliphatic carbocycles. The summed E-state index contributed by atoms with van der Waals surface area (Å²) >= 11 is 8.36. The second kappa shape index (κ2) is 5.67. The molecule has 2 aromatic rings. The van der Waals surface area contributed by atoms with Crippen molar-refractivity contribution in [1.29, 1.82) is 0 Å². The Kier molecular flexibility index (Phi) is 4.40. The number of aryl methyl sites for hydroxylation is 2. The highest BCUT2D eigenvalue weighted by atomic mass is 79.9. The number of nitrogens with zero attached hydrogens (tertiary/aromatic N) is 2. The van der Waals surface area contributed by atoms with Crippen LogP contribution in [0.5, 0.6) is 0 Å². The van der Waals surface area contributed by atoms with Crippen LogP contribution in [0, 0.1) is 0 Å². The van der Waals surface area contributed by atoms with Gasteiger partial charge in [0, 0.05) is 7.05 Å². The number of aromatic nitrogens is 2. The predicted molar refractivity (Wildman–Crippen MR) is 80.3 cm³/mol. The minimum Gasteiger partial charge on any atom is -0.293 e. The van der Waals surface area contributed by atoms with E-state index in [1.54, 1.807) is 4.68 Å². The summed E-state index contributed by atoms with van der Waals surface area (Å²) < 4.78 is 3.71. The summed E-state index contributed by atoms with van der Waals surface area (Å²) in [6.45, 7) is 2.05. The van der Waals surface area contributed by atoms with E-state index < -0.39 is 0 Å². The van der Waals surface area contributed by atoms with Gasteiger partial charge in [-0.25, -0.2) is 0 Å². The van der Waals surface area contributed by atoms with Crippen LogP contribution in [-0.2, 0) is 19.9 Å². The van der Waals surface area contributed by atoms with E-state index in [2.05, 4.69) is 43.9 Å². The fraction of sp³-hybridized carbons (Fsp3) is 0.333.